The first-order valence-electron chi connectivity index (χ1n) is 11.6. The van der Waals surface area contributed by atoms with Gasteiger partial charge in [0.05, 0.1) is 11.3 Å². The van der Waals surface area contributed by atoms with E-state index in [-0.39, 0.29) is 23.1 Å². The number of hydrogen-bond donors (Lipinski definition) is 2. The maximum Gasteiger partial charge on any atom is 0.272 e. The molecule has 182 valence electrons. The second-order valence-corrected chi connectivity index (χ2v) is 10.4. The first-order valence-corrected chi connectivity index (χ1v) is 13.5. The van der Waals surface area contributed by atoms with Crippen molar-refractivity contribution in [1.82, 2.24) is 20.2 Å². The van der Waals surface area contributed by atoms with E-state index < -0.39 is 0 Å². The number of thiophene rings is 1. The van der Waals surface area contributed by atoms with Crippen molar-refractivity contribution >= 4 is 45.1 Å². The van der Waals surface area contributed by atoms with Gasteiger partial charge in [-0.25, -0.2) is 4.98 Å². The molecule has 0 aliphatic carbocycles. The summed E-state index contributed by atoms with van der Waals surface area (Å²) in [7, 11) is 0. The van der Waals surface area contributed by atoms with Crippen LogP contribution in [0.2, 0.25) is 0 Å². The number of nitrogens with one attached hydrogen (secondary N) is 2. The lowest BCUT2D eigenvalue weighted by Gasteiger charge is -2.12. The van der Waals surface area contributed by atoms with E-state index in [1.807, 2.05) is 41.8 Å². The Labute approximate surface area is 208 Å². The van der Waals surface area contributed by atoms with Gasteiger partial charge in [0, 0.05) is 26.1 Å². The van der Waals surface area contributed by atoms with Crippen LogP contribution in [0, 0.1) is 5.92 Å². The van der Waals surface area contributed by atoms with Crippen molar-refractivity contribution in [3.8, 4) is 0 Å². The Hall–Kier alpha value is -2.65. The van der Waals surface area contributed by atoms with Crippen molar-refractivity contribution in [3.63, 3.8) is 0 Å². The molecule has 0 aliphatic rings. The summed E-state index contributed by atoms with van der Waals surface area (Å²) < 4.78 is 2.19. The molecule has 1 aromatic carbocycles. The molecule has 34 heavy (non-hydrogen) atoms. The van der Waals surface area contributed by atoms with Crippen LogP contribution in [0.4, 0.5) is 0 Å². The molecule has 0 bridgehead atoms. The number of nitrogens with zero attached hydrogens (tertiary/aromatic N) is 2. The molecule has 9 heteroatoms. The van der Waals surface area contributed by atoms with Crippen molar-refractivity contribution in [2.45, 2.75) is 51.2 Å². The number of carbonyl (C=O) groups excluding carboxylic acids is 2. The van der Waals surface area contributed by atoms with Crippen molar-refractivity contribution in [2.24, 2.45) is 5.92 Å². The zero-order valence-corrected chi connectivity index (χ0v) is 21.3. The largest absolute Gasteiger partial charge is 0.356 e. The van der Waals surface area contributed by atoms with Gasteiger partial charge in [0.25, 0.3) is 5.56 Å². The lowest BCUT2D eigenvalue weighted by atomic mass is 10.1. The van der Waals surface area contributed by atoms with Crippen molar-refractivity contribution in [2.75, 3.05) is 18.8 Å². The van der Waals surface area contributed by atoms with E-state index in [4.69, 9.17) is 0 Å². The van der Waals surface area contributed by atoms with Crippen molar-refractivity contribution in [1.29, 1.82) is 0 Å². The monoisotopic (exact) mass is 500 g/mol. The SMILES string of the molecule is CC(C)CCNC(=O)CSc1nc2ccsc2c(=O)n1CCCC(=O)NCCc1ccccc1. The van der Waals surface area contributed by atoms with Gasteiger partial charge in [0.1, 0.15) is 4.70 Å². The molecule has 2 aromatic heterocycles. The van der Waals surface area contributed by atoms with Gasteiger partial charge in [-0.15, -0.1) is 11.3 Å². The smallest absolute Gasteiger partial charge is 0.272 e. The van der Waals surface area contributed by atoms with Gasteiger partial charge in [-0.2, -0.15) is 0 Å². The summed E-state index contributed by atoms with van der Waals surface area (Å²) in [6.45, 7) is 5.83. The number of fused-ring (bicyclic) bond motifs is 1. The predicted octanol–water partition coefficient (Wildman–Crippen LogP) is 3.85. The molecule has 3 rings (SSSR count). The van der Waals surface area contributed by atoms with Crippen LogP contribution < -0.4 is 16.2 Å². The Morgan fingerprint density at radius 2 is 1.85 bits per heavy atom. The maximum absolute atomic E-state index is 13.0. The summed E-state index contributed by atoms with van der Waals surface area (Å²) in [5.74, 6) is 0.610. The number of aromatic nitrogens is 2. The minimum atomic E-state index is -0.118. The van der Waals surface area contributed by atoms with E-state index in [0.29, 0.717) is 53.8 Å². The highest BCUT2D eigenvalue weighted by molar-refractivity contribution is 7.99. The molecule has 2 heterocycles. The highest BCUT2D eigenvalue weighted by Gasteiger charge is 2.15. The van der Waals surface area contributed by atoms with Crippen LogP contribution in [-0.2, 0) is 22.6 Å². The molecule has 0 radical (unpaired) electrons. The molecule has 7 nitrogen and oxygen atoms in total. The lowest BCUT2D eigenvalue weighted by Crippen LogP contribution is -2.28. The predicted molar refractivity (Wildman–Crippen MR) is 139 cm³/mol. The third-order valence-electron chi connectivity index (χ3n) is 5.27. The van der Waals surface area contributed by atoms with Crippen LogP contribution in [0.3, 0.4) is 0 Å². The van der Waals surface area contributed by atoms with Gasteiger partial charge in [0.2, 0.25) is 11.8 Å². The number of rotatable bonds is 13. The standard InChI is InChI=1S/C25H32N4O3S2/c1-18(2)10-13-27-22(31)17-34-25-28-20-12-16-33-23(20)24(32)29(25)15-6-9-21(30)26-14-11-19-7-4-3-5-8-19/h3-5,7-8,12,16,18H,6,9-11,13-15,17H2,1-2H3,(H,26,30)(H,27,31). The molecule has 0 unspecified atom stereocenters. The van der Waals surface area contributed by atoms with Gasteiger partial charge in [-0.1, -0.05) is 55.9 Å². The molecule has 0 aliphatic heterocycles. The average Bonchev–Trinajstić information content (AvgIpc) is 3.29. The lowest BCUT2D eigenvalue weighted by molar-refractivity contribution is -0.121. The van der Waals surface area contributed by atoms with Crippen molar-refractivity contribution in [3.05, 3.63) is 57.7 Å². The maximum atomic E-state index is 13.0. The van der Waals surface area contributed by atoms with Crippen LogP contribution in [0.25, 0.3) is 10.2 Å². The molecule has 0 saturated heterocycles. The summed E-state index contributed by atoms with van der Waals surface area (Å²) in [5.41, 5.74) is 1.71. The second-order valence-electron chi connectivity index (χ2n) is 8.50. The quantitative estimate of drug-likeness (QED) is 0.275. The molecular weight excluding hydrogens is 468 g/mol. The highest BCUT2D eigenvalue weighted by Crippen LogP contribution is 2.21. The minimum Gasteiger partial charge on any atom is -0.356 e. The van der Waals surface area contributed by atoms with Gasteiger partial charge in [-0.3, -0.25) is 19.0 Å². The van der Waals surface area contributed by atoms with Crippen LogP contribution in [0.1, 0.15) is 38.7 Å². The Bertz CT molecular complexity index is 1140. The van der Waals surface area contributed by atoms with E-state index in [1.54, 1.807) is 4.57 Å². The zero-order chi connectivity index (χ0) is 24.3. The molecular formula is C25H32N4O3S2. The van der Waals surface area contributed by atoms with E-state index in [1.165, 1.54) is 28.7 Å². The number of amides is 2. The number of benzene rings is 1. The normalized spacial score (nSPS) is 11.1. The van der Waals surface area contributed by atoms with Gasteiger partial charge in [-0.05, 0) is 42.2 Å². The summed E-state index contributed by atoms with van der Waals surface area (Å²) in [6, 6.07) is 11.8. The summed E-state index contributed by atoms with van der Waals surface area (Å²) in [6.07, 6.45) is 2.55. The summed E-state index contributed by atoms with van der Waals surface area (Å²) in [4.78, 5) is 42.1. The topological polar surface area (TPSA) is 93.1 Å². The Morgan fingerprint density at radius 1 is 1.09 bits per heavy atom. The Kier molecular flexibility index (Phi) is 10.2. The van der Waals surface area contributed by atoms with Crippen LogP contribution >= 0.6 is 23.1 Å². The van der Waals surface area contributed by atoms with Crippen LogP contribution in [-0.4, -0.2) is 40.2 Å². The molecule has 2 N–H and O–H groups in total. The number of thioether (sulfide) groups is 1. The first kappa shape index (κ1) is 26.0. The fraction of sp³-hybridized carbons (Fsp3) is 0.440. The van der Waals surface area contributed by atoms with Gasteiger partial charge in [0.15, 0.2) is 5.16 Å². The third kappa shape index (κ3) is 7.99. The van der Waals surface area contributed by atoms with E-state index in [0.717, 1.165) is 12.8 Å². The highest BCUT2D eigenvalue weighted by atomic mass is 32.2. The fourth-order valence-electron chi connectivity index (χ4n) is 3.39. The van der Waals surface area contributed by atoms with Crippen molar-refractivity contribution < 1.29 is 9.59 Å². The molecule has 0 spiro atoms. The van der Waals surface area contributed by atoms with Gasteiger partial charge >= 0.3 is 0 Å². The molecule has 0 atom stereocenters. The number of hydrogen-bond acceptors (Lipinski definition) is 6. The second kappa shape index (κ2) is 13.3. The minimum absolute atomic E-state index is 0.0344. The molecule has 0 saturated carbocycles. The Balaban J connectivity index is 1.54. The summed E-state index contributed by atoms with van der Waals surface area (Å²) >= 11 is 2.62. The van der Waals surface area contributed by atoms with Gasteiger partial charge < -0.3 is 10.6 Å². The molecule has 2 amide bonds. The molecule has 3 aromatic rings. The third-order valence-corrected chi connectivity index (χ3v) is 7.14. The zero-order valence-electron chi connectivity index (χ0n) is 19.7. The molecule has 0 fully saturated rings. The average molecular weight is 501 g/mol. The van der Waals surface area contributed by atoms with E-state index in [2.05, 4.69) is 29.5 Å². The Morgan fingerprint density at radius 3 is 2.62 bits per heavy atom. The number of carbonyl (C=O) groups is 2. The van der Waals surface area contributed by atoms with Crippen LogP contribution in [0.15, 0.2) is 51.7 Å². The fourth-order valence-corrected chi connectivity index (χ4v) is 5.02. The van der Waals surface area contributed by atoms with Crippen LogP contribution in [0.5, 0.6) is 0 Å². The van der Waals surface area contributed by atoms with E-state index >= 15 is 0 Å². The summed E-state index contributed by atoms with van der Waals surface area (Å²) in [5, 5.41) is 8.21. The van der Waals surface area contributed by atoms with E-state index in [9.17, 15) is 14.4 Å². The first-order chi connectivity index (χ1) is 16.4.